The van der Waals surface area contributed by atoms with Gasteiger partial charge in [0.25, 0.3) is 5.91 Å². The number of rotatable bonds is 3. The van der Waals surface area contributed by atoms with E-state index in [4.69, 9.17) is 23.2 Å². The zero-order valence-corrected chi connectivity index (χ0v) is 15.0. The van der Waals surface area contributed by atoms with Crippen molar-refractivity contribution in [1.82, 2.24) is 9.97 Å². The summed E-state index contributed by atoms with van der Waals surface area (Å²) in [6, 6.07) is 16.9. The van der Waals surface area contributed by atoms with Crippen molar-refractivity contribution < 1.29 is 4.79 Å². The summed E-state index contributed by atoms with van der Waals surface area (Å²) in [5, 5.41) is 2.81. The summed E-state index contributed by atoms with van der Waals surface area (Å²) >= 11 is 13.1. The number of nitrogens with one attached hydrogen (secondary N) is 2. The lowest BCUT2D eigenvalue weighted by Gasteiger charge is -2.05. The molecule has 0 spiro atoms. The van der Waals surface area contributed by atoms with Crippen LogP contribution in [0.4, 0.5) is 5.69 Å². The Labute approximate surface area is 157 Å². The molecular formula is C18H11Cl2N3OS. The first kappa shape index (κ1) is 16.1. The van der Waals surface area contributed by atoms with Gasteiger partial charge >= 0.3 is 0 Å². The standard InChI is InChI=1S/C18H11Cl2N3OS/c19-15-9-12(16(20)25-15)18(24)21-11-7-5-10(6-8-11)17-22-13-3-1-2-4-14(13)23-17/h1-9H,(H,21,24)(H,22,23). The Morgan fingerprint density at radius 1 is 1.08 bits per heavy atom. The third-order valence-electron chi connectivity index (χ3n) is 3.71. The van der Waals surface area contributed by atoms with Crippen LogP contribution in [0.15, 0.2) is 54.6 Å². The predicted molar refractivity (Wildman–Crippen MR) is 104 cm³/mol. The van der Waals surface area contributed by atoms with Gasteiger partial charge in [-0.3, -0.25) is 4.79 Å². The van der Waals surface area contributed by atoms with Crippen LogP contribution in [0.1, 0.15) is 10.4 Å². The molecule has 1 amide bonds. The fraction of sp³-hybridized carbons (Fsp3) is 0. The van der Waals surface area contributed by atoms with Gasteiger partial charge in [-0.25, -0.2) is 4.98 Å². The molecule has 0 atom stereocenters. The van der Waals surface area contributed by atoms with E-state index in [2.05, 4.69) is 15.3 Å². The topological polar surface area (TPSA) is 57.8 Å². The Hall–Kier alpha value is -2.34. The minimum atomic E-state index is -0.287. The molecule has 2 aromatic carbocycles. The number of fused-ring (bicyclic) bond motifs is 1. The van der Waals surface area contributed by atoms with E-state index < -0.39 is 0 Å². The lowest BCUT2D eigenvalue weighted by Crippen LogP contribution is -2.11. The highest BCUT2D eigenvalue weighted by Crippen LogP contribution is 2.31. The van der Waals surface area contributed by atoms with Gasteiger partial charge in [0.1, 0.15) is 10.2 Å². The van der Waals surface area contributed by atoms with Crippen molar-refractivity contribution in [3.8, 4) is 11.4 Å². The van der Waals surface area contributed by atoms with Crippen molar-refractivity contribution in [3.63, 3.8) is 0 Å². The molecule has 0 saturated heterocycles. The van der Waals surface area contributed by atoms with Crippen LogP contribution in [0, 0.1) is 0 Å². The third kappa shape index (κ3) is 3.26. The van der Waals surface area contributed by atoms with Gasteiger partial charge in [0.05, 0.1) is 20.9 Å². The van der Waals surface area contributed by atoms with Crippen LogP contribution in [0.5, 0.6) is 0 Å². The van der Waals surface area contributed by atoms with Gasteiger partial charge in [0.2, 0.25) is 0 Å². The molecule has 0 fully saturated rings. The summed E-state index contributed by atoms with van der Waals surface area (Å²) in [5.74, 6) is 0.497. The SMILES string of the molecule is O=C(Nc1ccc(-c2nc3ccccc3[nH]2)cc1)c1cc(Cl)sc1Cl. The predicted octanol–water partition coefficient (Wildman–Crippen LogP) is 5.85. The quantitative estimate of drug-likeness (QED) is 0.463. The third-order valence-corrected chi connectivity index (χ3v) is 5.19. The highest BCUT2D eigenvalue weighted by molar-refractivity contribution is 7.20. The highest BCUT2D eigenvalue weighted by Gasteiger charge is 2.14. The molecule has 0 aliphatic carbocycles. The molecule has 7 heteroatoms. The summed E-state index contributed by atoms with van der Waals surface area (Å²) in [4.78, 5) is 20.1. The molecule has 4 aromatic rings. The van der Waals surface area contributed by atoms with Crippen LogP contribution in [0.3, 0.4) is 0 Å². The van der Waals surface area contributed by atoms with Crippen LogP contribution in [0.25, 0.3) is 22.4 Å². The smallest absolute Gasteiger partial charge is 0.258 e. The first-order valence-electron chi connectivity index (χ1n) is 7.41. The second-order valence-electron chi connectivity index (χ2n) is 5.37. The number of carbonyl (C=O) groups excluding carboxylic acids is 1. The van der Waals surface area contributed by atoms with E-state index in [9.17, 15) is 4.79 Å². The number of imidazole rings is 1. The van der Waals surface area contributed by atoms with Crippen molar-refractivity contribution in [2.24, 2.45) is 0 Å². The average molecular weight is 388 g/mol. The number of halogens is 2. The summed E-state index contributed by atoms with van der Waals surface area (Å²) in [6.45, 7) is 0. The monoisotopic (exact) mass is 387 g/mol. The van der Waals surface area contributed by atoms with E-state index in [0.717, 1.165) is 22.4 Å². The molecule has 0 radical (unpaired) electrons. The summed E-state index contributed by atoms with van der Waals surface area (Å²) in [5.41, 5.74) is 3.88. The van der Waals surface area contributed by atoms with Crippen molar-refractivity contribution in [2.75, 3.05) is 5.32 Å². The second-order valence-corrected chi connectivity index (χ2v) is 7.66. The Morgan fingerprint density at radius 2 is 1.84 bits per heavy atom. The number of benzene rings is 2. The lowest BCUT2D eigenvalue weighted by molar-refractivity contribution is 0.102. The Bertz CT molecular complexity index is 1040. The number of para-hydroxylation sites is 2. The van der Waals surface area contributed by atoms with Gasteiger partial charge in [-0.05, 0) is 42.5 Å². The molecular weight excluding hydrogens is 377 g/mol. The molecule has 0 aliphatic rings. The van der Waals surface area contributed by atoms with E-state index >= 15 is 0 Å². The summed E-state index contributed by atoms with van der Waals surface area (Å²) in [6.07, 6.45) is 0. The first-order chi connectivity index (χ1) is 12.1. The molecule has 0 aliphatic heterocycles. The van der Waals surface area contributed by atoms with E-state index in [1.54, 1.807) is 6.07 Å². The van der Waals surface area contributed by atoms with Crippen LogP contribution in [0.2, 0.25) is 8.67 Å². The number of hydrogen-bond acceptors (Lipinski definition) is 3. The number of nitrogens with zero attached hydrogens (tertiary/aromatic N) is 1. The van der Waals surface area contributed by atoms with E-state index in [1.165, 1.54) is 11.3 Å². The summed E-state index contributed by atoms with van der Waals surface area (Å²) < 4.78 is 0.858. The molecule has 4 nitrogen and oxygen atoms in total. The Kier molecular flexibility index (Phi) is 4.21. The normalized spacial score (nSPS) is 11.0. The first-order valence-corrected chi connectivity index (χ1v) is 8.99. The van der Waals surface area contributed by atoms with Crippen molar-refractivity contribution in [2.45, 2.75) is 0 Å². The number of aromatic amines is 1. The maximum Gasteiger partial charge on any atom is 0.258 e. The van der Waals surface area contributed by atoms with Crippen LogP contribution >= 0.6 is 34.5 Å². The molecule has 0 bridgehead atoms. The number of amides is 1. The molecule has 2 N–H and O–H groups in total. The Morgan fingerprint density at radius 3 is 2.52 bits per heavy atom. The number of aromatic nitrogens is 2. The number of hydrogen-bond donors (Lipinski definition) is 2. The second kappa shape index (κ2) is 6.52. The zero-order chi connectivity index (χ0) is 17.4. The summed E-state index contributed by atoms with van der Waals surface area (Å²) in [7, 11) is 0. The number of H-pyrrole nitrogens is 1. The average Bonchev–Trinajstić information content (AvgIpc) is 3.18. The van der Waals surface area contributed by atoms with Crippen LogP contribution < -0.4 is 5.32 Å². The van der Waals surface area contributed by atoms with Gasteiger partial charge in [-0.1, -0.05) is 35.3 Å². The molecule has 2 aromatic heterocycles. The Balaban J connectivity index is 1.55. The fourth-order valence-corrected chi connectivity index (χ4v) is 3.95. The molecule has 0 unspecified atom stereocenters. The van der Waals surface area contributed by atoms with Crippen molar-refractivity contribution in [1.29, 1.82) is 0 Å². The molecule has 4 rings (SSSR count). The fourth-order valence-electron chi connectivity index (χ4n) is 2.49. The van der Waals surface area contributed by atoms with Gasteiger partial charge in [-0.15, -0.1) is 11.3 Å². The van der Waals surface area contributed by atoms with Crippen LogP contribution in [-0.4, -0.2) is 15.9 Å². The minimum Gasteiger partial charge on any atom is -0.338 e. The van der Waals surface area contributed by atoms with E-state index in [0.29, 0.717) is 19.9 Å². The number of anilines is 1. The van der Waals surface area contributed by atoms with Crippen LogP contribution in [-0.2, 0) is 0 Å². The zero-order valence-electron chi connectivity index (χ0n) is 12.7. The highest BCUT2D eigenvalue weighted by atomic mass is 35.5. The van der Waals surface area contributed by atoms with Gasteiger partial charge in [-0.2, -0.15) is 0 Å². The van der Waals surface area contributed by atoms with Crippen molar-refractivity contribution >= 4 is 57.2 Å². The maximum absolute atomic E-state index is 12.3. The van der Waals surface area contributed by atoms with Gasteiger partial charge < -0.3 is 10.3 Å². The molecule has 25 heavy (non-hydrogen) atoms. The van der Waals surface area contributed by atoms with E-state index in [-0.39, 0.29) is 5.91 Å². The molecule has 124 valence electrons. The largest absolute Gasteiger partial charge is 0.338 e. The van der Waals surface area contributed by atoms with E-state index in [1.807, 2.05) is 48.5 Å². The maximum atomic E-state index is 12.3. The lowest BCUT2D eigenvalue weighted by atomic mass is 10.2. The van der Waals surface area contributed by atoms with Gasteiger partial charge in [0, 0.05) is 11.3 Å². The number of thiophene rings is 1. The number of carbonyl (C=O) groups is 1. The van der Waals surface area contributed by atoms with Gasteiger partial charge in [0.15, 0.2) is 0 Å². The van der Waals surface area contributed by atoms with Crippen molar-refractivity contribution in [3.05, 3.63) is 68.8 Å². The molecule has 2 heterocycles. The molecule has 0 saturated carbocycles. The minimum absolute atomic E-state index is 0.287.